The maximum Gasteiger partial charge on any atom is 0.522 e. The van der Waals surface area contributed by atoms with E-state index in [0.29, 0.717) is 67.7 Å². The van der Waals surface area contributed by atoms with Gasteiger partial charge in [0.05, 0.1) is 92.2 Å². The van der Waals surface area contributed by atoms with Gasteiger partial charge >= 0.3 is 29.8 Å². The molecule has 9 rings (SSSR count). The molecule has 6 aromatic carbocycles. The smallest absolute Gasteiger partial charge is 0.522 e. The van der Waals surface area contributed by atoms with Crippen LogP contribution in [0.5, 0.6) is 0 Å². The Hall–Kier alpha value is -11.7. The van der Waals surface area contributed by atoms with Gasteiger partial charge in [-0.05, 0) is 155 Å². The summed E-state index contributed by atoms with van der Waals surface area (Å²) in [6.45, 7) is 0. The lowest BCUT2D eigenvalue weighted by molar-refractivity contribution is -0.554. The van der Waals surface area contributed by atoms with E-state index in [0.717, 1.165) is 16.7 Å². The Bertz CT molecular complexity index is 5790. The third-order valence-corrected chi connectivity index (χ3v) is 24.1. The standard InChI is InChI=1S/C23H24N6O7S2.C22H24N6O6S2.C22H23N5O6S2/c24-21(30)15-6-4-14(5-7-15)18-9-8-17(28-23(27)29-22(25)26)12-16(18)3-1-13-2-10-19(37(31,32)33)20(11-13)38(34,35)36;23-16-3-1-2-14(11-16)18-8-7-17(27-22(26)28-21(24)25)12-15(18)6-4-13-5-9-19(35(29,30)31)20(10-13)36(32,33)34;23-21(24)27-22(25)26-17-9-10-18(15-4-2-1-3-5-15)16(13-17)8-6-14-7-11-19(34(28,29)30)20(12-14)35(31,32)33/h2,4-9,12,19-20H,10-11H2,(H2,24,30)(H,31,32,33)(H,34,35,36)(H6,25,26,27,28,29);1-3,5,7-8,11-12,19-20H,9-10,23H2,(H,29,30,31)(H,32,33,34)(H6,24,25,26,27,28);1-5,7,9-10,13,19-20H,11-12H2,(H,28,29,30)(H,31,32,33)(H6,23,24,25,26,27)/p+1/t3*19-,20+/m000/s1. The fourth-order valence-corrected chi connectivity index (χ4v) is 18.6. The second kappa shape index (κ2) is 35.4. The Morgan fingerprint density at radius 1 is 0.367 bits per heavy atom. The number of guanidine groups is 6. The van der Waals surface area contributed by atoms with Crippen molar-refractivity contribution in [2.75, 3.05) is 5.73 Å². The van der Waals surface area contributed by atoms with E-state index in [4.69, 9.17) is 57.3 Å². The van der Waals surface area contributed by atoms with Gasteiger partial charge in [0.2, 0.25) is 5.91 Å². The van der Waals surface area contributed by atoms with Crippen LogP contribution in [0.3, 0.4) is 0 Å². The van der Waals surface area contributed by atoms with Crippen molar-refractivity contribution in [1.82, 2.24) is 0 Å². The van der Waals surface area contributed by atoms with Crippen LogP contribution < -0.4 is 93.0 Å². The third kappa shape index (κ3) is 25.0. The zero-order valence-corrected chi connectivity index (χ0v) is 61.7. The lowest BCUT2D eigenvalue weighted by Crippen LogP contribution is -3.05. The predicted octanol–water partition coefficient (Wildman–Crippen LogP) is -12.1. The Kier molecular flexibility index (Phi) is 27.4. The maximum atomic E-state index is 11.7. The average Bonchev–Trinajstić information content (AvgIpc) is 0.801. The lowest BCUT2D eigenvalue weighted by Gasteiger charge is -2.33. The van der Waals surface area contributed by atoms with Crippen LogP contribution in [0.1, 0.15) is 65.6 Å². The van der Waals surface area contributed by atoms with Gasteiger partial charge in [0.25, 0.3) is 5.96 Å². The predicted molar refractivity (Wildman–Crippen MR) is 393 cm³/mol. The SMILES string of the molecule is NC(=O)c1ccc(-c2ccc([NH+]=C(N)[NH+]=C(N)N)cc2C#CC2=CC[C@H](S(=O)(=O)[O-])[C@H](S(=O)(=O)[O-])C2)cc1.NC(N)=[NH+]C(N)=[NH+]c1ccc(-c2ccccc2)c(C#CC2=CC[C@H](S(=O)(=O)[O-])[C@H](S(=O)(=O)[O-])C2)c1.NC(N)=[NH+]C([NH3+])=[NH+]c1ccc(-c2cccc(N)c2)c(C#CC2=CC[C@H](S(=O)(=O)[O-])[C@H](S(=O)(=O)[O-])C2)c1. The van der Waals surface area contributed by atoms with Crippen LogP contribution >= 0.6 is 0 Å². The second-order valence-electron chi connectivity index (χ2n) is 24.1. The molecule has 0 heterocycles. The minimum atomic E-state index is -5.10. The fourth-order valence-electron chi connectivity index (χ4n) is 11.2. The number of anilines is 1. The third-order valence-electron chi connectivity index (χ3n) is 16.1. The molecule has 0 aromatic heterocycles. The van der Waals surface area contributed by atoms with E-state index in [-0.39, 0.29) is 46.5 Å². The van der Waals surface area contributed by atoms with Crippen molar-refractivity contribution in [2.24, 2.45) is 51.6 Å². The van der Waals surface area contributed by atoms with Crippen LogP contribution in [-0.4, -0.2) is 151 Å². The minimum absolute atomic E-state index is 0.0193. The molecular formula is C67H72N17O19S6+. The number of carbonyl (C=O) groups excluding carboxylic acids is 1. The summed E-state index contributed by atoms with van der Waals surface area (Å²) in [5.41, 5.74) is 67.8. The highest BCUT2D eigenvalue weighted by molar-refractivity contribution is 7.91. The summed E-state index contributed by atoms with van der Waals surface area (Å²) in [5, 5.41) is -11.4. The highest BCUT2D eigenvalue weighted by atomic mass is 32.2. The zero-order valence-electron chi connectivity index (χ0n) is 56.8. The second-order valence-corrected chi connectivity index (χ2v) is 33.6. The van der Waals surface area contributed by atoms with Crippen LogP contribution in [0.15, 0.2) is 168 Å². The van der Waals surface area contributed by atoms with Crippen LogP contribution in [0.25, 0.3) is 33.4 Å². The molecule has 6 atom stereocenters. The van der Waals surface area contributed by atoms with E-state index in [1.54, 1.807) is 84.9 Å². The first-order valence-electron chi connectivity index (χ1n) is 31.5. The van der Waals surface area contributed by atoms with Crippen molar-refractivity contribution < 1.29 is 118 Å². The van der Waals surface area contributed by atoms with Gasteiger partial charge in [-0.25, -0.2) is 61.2 Å². The van der Waals surface area contributed by atoms with Gasteiger partial charge in [-0.2, -0.15) is 15.0 Å². The molecule has 0 bridgehead atoms. The first-order valence-corrected chi connectivity index (χ1v) is 40.3. The van der Waals surface area contributed by atoms with Gasteiger partial charge in [-0.3, -0.25) is 39.2 Å². The number of rotatable bonds is 13. The van der Waals surface area contributed by atoms with Crippen molar-refractivity contribution in [2.45, 2.75) is 70.0 Å². The molecular weight excluding hydrogens is 1540 g/mol. The number of amides is 1. The number of quaternary nitrogens is 1. The molecule has 42 heteroatoms. The summed E-state index contributed by atoms with van der Waals surface area (Å²) in [6.07, 6.45) is 1.28. The van der Waals surface area contributed by atoms with Crippen molar-refractivity contribution in [3.8, 4) is 68.9 Å². The van der Waals surface area contributed by atoms with Gasteiger partial charge in [-0.1, -0.05) is 108 Å². The largest absolute Gasteiger partial charge is 0.748 e. The molecule has 0 radical (unpaired) electrons. The van der Waals surface area contributed by atoms with E-state index in [2.05, 4.69) is 71.2 Å². The van der Waals surface area contributed by atoms with Crippen molar-refractivity contribution in [1.29, 1.82) is 0 Å². The number of nitrogen functional groups attached to an aromatic ring is 1. The molecule has 109 heavy (non-hydrogen) atoms. The fraction of sp³-hybridized carbons (Fsp3) is 0.179. The Balaban J connectivity index is 0.000000228. The summed E-state index contributed by atoms with van der Waals surface area (Å²) in [4.78, 5) is 27.8. The van der Waals surface area contributed by atoms with Crippen molar-refractivity contribution in [3.05, 3.63) is 191 Å². The van der Waals surface area contributed by atoms with Gasteiger partial charge in [0.15, 0.2) is 5.69 Å². The van der Waals surface area contributed by atoms with Gasteiger partial charge in [0, 0.05) is 40.1 Å². The number of hydrogen-bond acceptors (Lipinski definition) is 20. The van der Waals surface area contributed by atoms with E-state index >= 15 is 0 Å². The molecule has 36 nitrogen and oxygen atoms in total. The highest BCUT2D eigenvalue weighted by Gasteiger charge is 2.38. The molecule has 6 aromatic rings. The van der Waals surface area contributed by atoms with Crippen molar-refractivity contribution >= 4 is 125 Å². The van der Waals surface area contributed by atoms with Crippen LogP contribution in [-0.2, 0) is 60.7 Å². The molecule has 3 aliphatic rings. The number of carbonyl (C=O) groups is 1. The average molecular weight is 1610 g/mol. The number of allylic oxidation sites excluding steroid dienone is 6. The molecule has 574 valence electrons. The van der Waals surface area contributed by atoms with Crippen molar-refractivity contribution in [3.63, 3.8) is 0 Å². The van der Waals surface area contributed by atoms with Crippen LogP contribution in [0.2, 0.25) is 0 Å². The first-order chi connectivity index (χ1) is 50.7. The molecule has 0 unspecified atom stereocenters. The molecule has 0 spiro atoms. The van der Waals surface area contributed by atoms with E-state index in [1.807, 2.05) is 36.4 Å². The number of benzene rings is 6. The Morgan fingerprint density at radius 2 is 0.688 bits per heavy atom. The van der Waals surface area contributed by atoms with Crippen LogP contribution in [0, 0.1) is 35.5 Å². The normalized spacial score (nSPS) is 18.4. The summed E-state index contributed by atoms with van der Waals surface area (Å²) >= 11 is 0. The summed E-state index contributed by atoms with van der Waals surface area (Å²) in [6, 6.07) is 38.2. The molecule has 0 saturated carbocycles. The summed E-state index contributed by atoms with van der Waals surface area (Å²) < 4.78 is 208. The number of nitrogens with two attached hydrogens (primary N) is 10. The summed E-state index contributed by atoms with van der Waals surface area (Å²) in [7, 11) is -30.2. The number of nitrogens with one attached hydrogen (secondary N) is 6. The molecule has 1 amide bonds. The Morgan fingerprint density at radius 3 is 1.01 bits per heavy atom. The van der Waals surface area contributed by atoms with E-state index < -0.39 is 137 Å². The van der Waals surface area contributed by atoms with E-state index in [1.165, 1.54) is 30.4 Å². The highest BCUT2D eigenvalue weighted by Crippen LogP contribution is 2.34. The quantitative estimate of drug-likeness (QED) is 0.0168. The van der Waals surface area contributed by atoms with Gasteiger partial charge in [0.1, 0.15) is 11.4 Å². The van der Waals surface area contributed by atoms with Gasteiger partial charge in [-0.15, -0.1) is 9.98 Å². The topological polar surface area (TPSA) is 732 Å². The molecule has 29 N–H and O–H groups in total. The lowest BCUT2D eigenvalue weighted by atomic mass is 9.96. The minimum Gasteiger partial charge on any atom is -0.748 e. The van der Waals surface area contributed by atoms with Gasteiger partial charge < -0.3 is 50.3 Å². The number of primary amides is 1. The molecule has 3 aliphatic carbocycles. The summed E-state index contributed by atoms with van der Waals surface area (Å²) in [5.74, 6) is 16.7. The number of hydrogen-bond donors (Lipinski definition) is 17. The maximum absolute atomic E-state index is 11.7. The Labute approximate surface area is 626 Å². The molecule has 0 fully saturated rings. The van der Waals surface area contributed by atoms with Crippen LogP contribution in [0.4, 0.5) is 22.7 Å². The molecule has 0 aliphatic heterocycles. The first kappa shape index (κ1) is 84.6. The monoisotopic (exact) mass is 1610 g/mol. The zero-order chi connectivity index (χ0) is 80.7. The van der Waals surface area contributed by atoms with E-state index in [9.17, 15) is 82.6 Å². The molecule has 0 saturated heterocycles.